The number of rotatable bonds is 4. The lowest BCUT2D eigenvalue weighted by Crippen LogP contribution is -2.41. The van der Waals surface area contributed by atoms with Crippen LogP contribution >= 0.6 is 0 Å². The fraction of sp³-hybridized carbons (Fsp3) is 0.458. The Bertz CT molecular complexity index is 1170. The van der Waals surface area contributed by atoms with Crippen molar-refractivity contribution in [3.05, 3.63) is 42.0 Å². The second kappa shape index (κ2) is 9.17. The SMILES string of the molecule is COC(=O)c1ccc(NC(=O)[C@@H]2CCCN(c3ncnc4c3nc3n4CCCCC3)C2)cc1. The predicted octanol–water partition coefficient (Wildman–Crippen LogP) is 3.19. The van der Waals surface area contributed by atoms with Gasteiger partial charge in [-0.05, 0) is 49.9 Å². The minimum absolute atomic E-state index is 0.0311. The number of aromatic nitrogens is 4. The van der Waals surface area contributed by atoms with Crippen molar-refractivity contribution in [3.63, 3.8) is 0 Å². The Balaban J connectivity index is 1.32. The fourth-order valence-electron chi connectivity index (χ4n) is 4.79. The van der Waals surface area contributed by atoms with E-state index in [4.69, 9.17) is 9.72 Å². The van der Waals surface area contributed by atoms with Crippen molar-refractivity contribution in [1.82, 2.24) is 19.5 Å². The van der Waals surface area contributed by atoms with E-state index in [1.54, 1.807) is 30.6 Å². The van der Waals surface area contributed by atoms with Crippen molar-refractivity contribution in [2.75, 3.05) is 30.4 Å². The monoisotopic (exact) mass is 448 g/mol. The number of fused-ring (bicyclic) bond motifs is 3. The van der Waals surface area contributed by atoms with Crippen molar-refractivity contribution in [3.8, 4) is 0 Å². The molecule has 0 aliphatic carbocycles. The summed E-state index contributed by atoms with van der Waals surface area (Å²) in [4.78, 5) is 40.8. The number of hydrogen-bond acceptors (Lipinski definition) is 7. The minimum Gasteiger partial charge on any atom is -0.465 e. The van der Waals surface area contributed by atoms with Gasteiger partial charge in [-0.1, -0.05) is 6.42 Å². The highest BCUT2D eigenvalue weighted by atomic mass is 16.5. The Labute approximate surface area is 192 Å². The number of carbonyl (C=O) groups excluding carboxylic acids is 2. The average Bonchev–Trinajstić information content (AvgIpc) is 3.04. The van der Waals surface area contributed by atoms with Crippen molar-refractivity contribution >= 4 is 34.5 Å². The first-order chi connectivity index (χ1) is 16.1. The van der Waals surface area contributed by atoms with E-state index in [0.29, 0.717) is 17.8 Å². The molecule has 1 atom stereocenters. The van der Waals surface area contributed by atoms with E-state index >= 15 is 0 Å². The van der Waals surface area contributed by atoms with Crippen LogP contribution in [0.5, 0.6) is 0 Å². The molecule has 1 aromatic carbocycles. The van der Waals surface area contributed by atoms with E-state index in [-0.39, 0.29) is 11.8 Å². The number of aryl methyl sites for hydroxylation is 2. The number of anilines is 2. The molecule has 0 radical (unpaired) electrons. The normalized spacial score (nSPS) is 18.5. The number of nitrogens with zero attached hydrogens (tertiary/aromatic N) is 5. The number of carbonyl (C=O) groups is 2. The third kappa shape index (κ3) is 4.27. The zero-order valence-corrected chi connectivity index (χ0v) is 18.8. The number of piperidine rings is 1. The summed E-state index contributed by atoms with van der Waals surface area (Å²) < 4.78 is 6.96. The molecule has 9 nitrogen and oxygen atoms in total. The van der Waals surface area contributed by atoms with Crippen LogP contribution in [0.1, 0.15) is 48.3 Å². The first kappa shape index (κ1) is 21.4. The Kier molecular flexibility index (Phi) is 5.93. The maximum atomic E-state index is 13.0. The summed E-state index contributed by atoms with van der Waals surface area (Å²) in [6.07, 6.45) is 7.81. The van der Waals surface area contributed by atoms with Crippen LogP contribution in [0, 0.1) is 5.92 Å². The Morgan fingerprint density at radius 3 is 2.73 bits per heavy atom. The standard InChI is InChI=1S/C24H28N6O3/c1-33-24(32)16-8-10-18(11-9-16)27-23(31)17-6-5-12-29(14-17)21-20-22(26-15-25-21)30-13-4-2-3-7-19(30)28-20/h8-11,15,17H,2-7,12-14H2,1H3,(H,27,31)/t17-/m1/s1. The van der Waals surface area contributed by atoms with Gasteiger partial charge in [-0.15, -0.1) is 0 Å². The van der Waals surface area contributed by atoms with Gasteiger partial charge >= 0.3 is 5.97 Å². The third-order valence-corrected chi connectivity index (χ3v) is 6.54. The van der Waals surface area contributed by atoms with Crippen molar-refractivity contribution in [2.24, 2.45) is 5.92 Å². The van der Waals surface area contributed by atoms with Crippen LogP contribution in [0.15, 0.2) is 30.6 Å². The maximum absolute atomic E-state index is 13.0. The van der Waals surface area contributed by atoms with Gasteiger partial charge in [0.25, 0.3) is 0 Å². The molecule has 2 aliphatic rings. The van der Waals surface area contributed by atoms with Crippen LogP contribution in [0.25, 0.3) is 11.2 Å². The second-order valence-corrected chi connectivity index (χ2v) is 8.70. The van der Waals surface area contributed by atoms with Gasteiger partial charge < -0.3 is 19.5 Å². The van der Waals surface area contributed by atoms with Gasteiger partial charge in [0.2, 0.25) is 5.91 Å². The van der Waals surface area contributed by atoms with Crippen LogP contribution in [0.3, 0.4) is 0 Å². The Morgan fingerprint density at radius 2 is 1.91 bits per heavy atom. The molecule has 1 amide bonds. The smallest absolute Gasteiger partial charge is 0.337 e. The zero-order valence-electron chi connectivity index (χ0n) is 18.8. The topological polar surface area (TPSA) is 102 Å². The molecule has 3 aromatic rings. The number of hydrogen-bond donors (Lipinski definition) is 1. The number of amides is 1. The summed E-state index contributed by atoms with van der Waals surface area (Å²) in [7, 11) is 1.35. The number of ether oxygens (including phenoxy) is 1. The number of benzene rings is 1. The number of nitrogens with one attached hydrogen (secondary N) is 1. The molecule has 0 saturated carbocycles. The molecular weight excluding hydrogens is 420 g/mol. The molecule has 172 valence electrons. The van der Waals surface area contributed by atoms with Crippen LogP contribution in [0.4, 0.5) is 11.5 Å². The van der Waals surface area contributed by atoms with Crippen molar-refractivity contribution in [1.29, 1.82) is 0 Å². The molecule has 2 aromatic heterocycles. The lowest BCUT2D eigenvalue weighted by molar-refractivity contribution is -0.120. The average molecular weight is 449 g/mol. The van der Waals surface area contributed by atoms with Crippen LogP contribution in [-0.4, -0.2) is 51.6 Å². The molecule has 5 rings (SSSR count). The van der Waals surface area contributed by atoms with Gasteiger partial charge in [0.1, 0.15) is 12.2 Å². The Hall–Kier alpha value is -3.49. The van der Waals surface area contributed by atoms with E-state index in [1.807, 2.05) is 0 Å². The Morgan fingerprint density at radius 1 is 1.06 bits per heavy atom. The number of imidazole rings is 1. The summed E-state index contributed by atoms with van der Waals surface area (Å²) >= 11 is 0. The molecule has 33 heavy (non-hydrogen) atoms. The van der Waals surface area contributed by atoms with Gasteiger partial charge in [-0.2, -0.15) is 0 Å². The lowest BCUT2D eigenvalue weighted by atomic mass is 9.97. The van der Waals surface area contributed by atoms with Gasteiger partial charge in [0, 0.05) is 31.7 Å². The molecule has 2 aliphatic heterocycles. The molecule has 0 spiro atoms. The lowest BCUT2D eigenvalue weighted by Gasteiger charge is -2.32. The van der Waals surface area contributed by atoms with Gasteiger partial charge in [-0.25, -0.2) is 19.7 Å². The molecular formula is C24H28N6O3. The van der Waals surface area contributed by atoms with Gasteiger partial charge in [0.15, 0.2) is 17.0 Å². The second-order valence-electron chi connectivity index (χ2n) is 8.70. The van der Waals surface area contributed by atoms with Crippen LogP contribution < -0.4 is 10.2 Å². The van der Waals surface area contributed by atoms with Gasteiger partial charge in [0.05, 0.1) is 18.6 Å². The quantitative estimate of drug-likeness (QED) is 0.612. The highest BCUT2D eigenvalue weighted by Gasteiger charge is 2.29. The zero-order chi connectivity index (χ0) is 22.8. The predicted molar refractivity (Wildman–Crippen MR) is 124 cm³/mol. The molecule has 0 bridgehead atoms. The third-order valence-electron chi connectivity index (χ3n) is 6.54. The number of esters is 1. The van der Waals surface area contributed by atoms with Crippen LogP contribution in [-0.2, 0) is 22.5 Å². The molecule has 1 fully saturated rings. The summed E-state index contributed by atoms with van der Waals surface area (Å²) in [5, 5.41) is 2.98. The first-order valence-corrected chi connectivity index (χ1v) is 11.6. The van der Waals surface area contributed by atoms with E-state index < -0.39 is 5.97 Å². The first-order valence-electron chi connectivity index (χ1n) is 11.6. The molecule has 1 N–H and O–H groups in total. The molecule has 1 saturated heterocycles. The largest absolute Gasteiger partial charge is 0.465 e. The van der Waals surface area contributed by atoms with E-state index in [0.717, 1.165) is 68.0 Å². The molecule has 4 heterocycles. The summed E-state index contributed by atoms with van der Waals surface area (Å²) in [5.74, 6) is 1.32. The molecule has 9 heteroatoms. The summed E-state index contributed by atoms with van der Waals surface area (Å²) in [5.41, 5.74) is 2.85. The van der Waals surface area contributed by atoms with Crippen molar-refractivity contribution < 1.29 is 14.3 Å². The minimum atomic E-state index is -0.399. The highest BCUT2D eigenvalue weighted by molar-refractivity contribution is 5.95. The van der Waals surface area contributed by atoms with E-state index in [9.17, 15) is 9.59 Å². The van der Waals surface area contributed by atoms with Crippen LogP contribution in [0.2, 0.25) is 0 Å². The fourth-order valence-corrected chi connectivity index (χ4v) is 4.79. The maximum Gasteiger partial charge on any atom is 0.337 e. The molecule has 0 unspecified atom stereocenters. The highest BCUT2D eigenvalue weighted by Crippen LogP contribution is 2.29. The number of methoxy groups -OCH3 is 1. The van der Waals surface area contributed by atoms with Gasteiger partial charge in [-0.3, -0.25) is 4.79 Å². The van der Waals surface area contributed by atoms with E-state index in [2.05, 4.69) is 24.8 Å². The van der Waals surface area contributed by atoms with E-state index in [1.165, 1.54) is 13.5 Å². The summed E-state index contributed by atoms with van der Waals surface area (Å²) in [6.45, 7) is 2.37. The summed E-state index contributed by atoms with van der Waals surface area (Å²) in [6, 6.07) is 6.73. The van der Waals surface area contributed by atoms with Crippen molar-refractivity contribution in [2.45, 2.75) is 45.1 Å².